The van der Waals surface area contributed by atoms with E-state index in [4.69, 9.17) is 25.8 Å². The third-order valence-electron chi connectivity index (χ3n) is 4.76. The Morgan fingerprint density at radius 1 is 1.32 bits per heavy atom. The van der Waals surface area contributed by atoms with Crippen molar-refractivity contribution in [3.63, 3.8) is 0 Å². The Morgan fingerprint density at radius 2 is 2.07 bits per heavy atom. The second-order valence-corrected chi connectivity index (χ2v) is 7.88. The fraction of sp³-hybridized carbons (Fsp3) is 0.409. The normalized spacial score (nSPS) is 18.4. The molecule has 1 heterocycles. The first-order valence-electron chi connectivity index (χ1n) is 9.41. The van der Waals surface area contributed by atoms with E-state index in [0.717, 1.165) is 17.1 Å². The molecular formula is C22H26ClNO4. The highest BCUT2D eigenvalue weighted by atomic mass is 35.5. The zero-order chi connectivity index (χ0) is 20.3. The summed E-state index contributed by atoms with van der Waals surface area (Å²) in [6.45, 7) is 5.93. The van der Waals surface area contributed by atoms with Gasteiger partial charge in [-0.05, 0) is 50.6 Å². The van der Waals surface area contributed by atoms with E-state index in [9.17, 15) is 4.79 Å². The summed E-state index contributed by atoms with van der Waals surface area (Å²) in [6.07, 6.45) is 0.524. The number of para-hydroxylation sites is 1. The molecule has 0 aromatic heterocycles. The van der Waals surface area contributed by atoms with Crippen LogP contribution in [0.2, 0.25) is 5.02 Å². The van der Waals surface area contributed by atoms with Gasteiger partial charge in [-0.1, -0.05) is 30.7 Å². The lowest BCUT2D eigenvalue weighted by Crippen LogP contribution is -2.45. The largest absolute Gasteiger partial charge is 0.497 e. The van der Waals surface area contributed by atoms with Crippen LogP contribution >= 0.6 is 11.6 Å². The molecule has 1 amide bonds. The number of ether oxygens (including phenoxy) is 3. The predicted molar refractivity (Wildman–Crippen MR) is 109 cm³/mol. The van der Waals surface area contributed by atoms with Crippen molar-refractivity contribution < 1.29 is 19.0 Å². The molecule has 0 aliphatic carbocycles. The summed E-state index contributed by atoms with van der Waals surface area (Å²) in [5.41, 5.74) is 0.504. The van der Waals surface area contributed by atoms with E-state index in [1.165, 1.54) is 0 Å². The van der Waals surface area contributed by atoms with Gasteiger partial charge in [0.15, 0.2) is 6.10 Å². The van der Waals surface area contributed by atoms with Crippen molar-refractivity contribution in [1.29, 1.82) is 0 Å². The predicted octanol–water partition coefficient (Wildman–Crippen LogP) is 4.92. The van der Waals surface area contributed by atoms with Crippen molar-refractivity contribution in [2.45, 2.75) is 51.4 Å². The zero-order valence-corrected chi connectivity index (χ0v) is 17.4. The Bertz CT molecular complexity index is 852. The number of nitrogens with one attached hydrogen (secondary N) is 1. The summed E-state index contributed by atoms with van der Waals surface area (Å²) in [5, 5.41) is 3.61. The van der Waals surface area contributed by atoms with Gasteiger partial charge >= 0.3 is 0 Å². The van der Waals surface area contributed by atoms with Crippen LogP contribution in [-0.2, 0) is 4.79 Å². The highest BCUT2D eigenvalue weighted by Crippen LogP contribution is 2.41. The average molecular weight is 404 g/mol. The van der Waals surface area contributed by atoms with Gasteiger partial charge in [0, 0.05) is 12.0 Å². The van der Waals surface area contributed by atoms with Crippen molar-refractivity contribution in [2.75, 3.05) is 7.11 Å². The van der Waals surface area contributed by atoms with Gasteiger partial charge in [0.1, 0.15) is 22.8 Å². The number of rotatable bonds is 6. The molecule has 0 radical (unpaired) electrons. The minimum absolute atomic E-state index is 0.182. The van der Waals surface area contributed by atoms with Gasteiger partial charge in [-0.15, -0.1) is 0 Å². The van der Waals surface area contributed by atoms with Crippen LogP contribution in [0.15, 0.2) is 42.5 Å². The molecule has 0 unspecified atom stereocenters. The van der Waals surface area contributed by atoms with E-state index in [1.807, 2.05) is 51.1 Å². The maximum Gasteiger partial charge on any atom is 0.261 e. The lowest BCUT2D eigenvalue weighted by atomic mass is 9.89. The zero-order valence-electron chi connectivity index (χ0n) is 16.6. The van der Waals surface area contributed by atoms with Gasteiger partial charge in [0.2, 0.25) is 0 Å². The molecule has 28 heavy (non-hydrogen) atoms. The van der Waals surface area contributed by atoms with E-state index in [2.05, 4.69) is 5.32 Å². The van der Waals surface area contributed by atoms with Crippen LogP contribution in [0, 0.1) is 0 Å². The highest BCUT2D eigenvalue weighted by Gasteiger charge is 2.36. The maximum absolute atomic E-state index is 13.0. The number of fused-ring (bicyclic) bond motifs is 1. The van der Waals surface area contributed by atoms with E-state index >= 15 is 0 Å². The molecule has 150 valence electrons. The van der Waals surface area contributed by atoms with Crippen molar-refractivity contribution in [2.24, 2.45) is 0 Å². The average Bonchev–Trinajstić information content (AvgIpc) is 2.66. The molecule has 0 saturated heterocycles. The fourth-order valence-corrected chi connectivity index (χ4v) is 3.55. The molecule has 1 N–H and O–H groups in total. The molecule has 1 aliphatic heterocycles. The Kier molecular flexibility index (Phi) is 6.04. The Hall–Kier alpha value is -2.40. The quantitative estimate of drug-likeness (QED) is 0.743. The number of methoxy groups -OCH3 is 1. The summed E-state index contributed by atoms with van der Waals surface area (Å²) in [7, 11) is 1.62. The first kappa shape index (κ1) is 20.3. The van der Waals surface area contributed by atoms with E-state index in [1.54, 1.807) is 19.2 Å². The third-order valence-corrected chi connectivity index (χ3v) is 5.07. The number of hydrogen-bond donors (Lipinski definition) is 1. The van der Waals surface area contributed by atoms with Gasteiger partial charge in [0.05, 0.1) is 18.2 Å². The van der Waals surface area contributed by atoms with Crippen LogP contribution < -0.4 is 19.5 Å². The molecular weight excluding hydrogens is 378 g/mol. The summed E-state index contributed by atoms with van der Waals surface area (Å²) in [4.78, 5) is 13.0. The van der Waals surface area contributed by atoms with Crippen molar-refractivity contribution in [3.8, 4) is 17.2 Å². The minimum atomic E-state index is -0.639. The van der Waals surface area contributed by atoms with Gasteiger partial charge in [0.25, 0.3) is 5.91 Å². The second-order valence-electron chi connectivity index (χ2n) is 7.48. The van der Waals surface area contributed by atoms with E-state index in [-0.39, 0.29) is 11.9 Å². The van der Waals surface area contributed by atoms with E-state index in [0.29, 0.717) is 23.6 Å². The molecule has 2 aromatic rings. The number of carbonyl (C=O) groups is 1. The first-order chi connectivity index (χ1) is 13.3. The van der Waals surface area contributed by atoms with Crippen LogP contribution in [0.3, 0.4) is 0 Å². The molecule has 5 nitrogen and oxygen atoms in total. The fourth-order valence-electron chi connectivity index (χ4n) is 3.37. The Labute approximate surface area is 170 Å². The molecule has 1 aliphatic rings. The third kappa shape index (κ3) is 4.53. The number of benzene rings is 2. The number of amides is 1. The topological polar surface area (TPSA) is 56.8 Å². The molecule has 2 aromatic carbocycles. The van der Waals surface area contributed by atoms with E-state index < -0.39 is 11.7 Å². The van der Waals surface area contributed by atoms with Crippen molar-refractivity contribution >= 4 is 17.5 Å². The molecule has 2 atom stereocenters. The smallest absolute Gasteiger partial charge is 0.261 e. The maximum atomic E-state index is 13.0. The summed E-state index contributed by atoms with van der Waals surface area (Å²) < 4.78 is 17.3. The number of carbonyl (C=O) groups excluding carboxylic acids is 1. The summed E-state index contributed by atoms with van der Waals surface area (Å²) >= 11 is 6.17. The van der Waals surface area contributed by atoms with Crippen LogP contribution in [0.5, 0.6) is 17.2 Å². The van der Waals surface area contributed by atoms with Crippen LogP contribution in [-0.4, -0.2) is 24.7 Å². The first-order valence-corrected chi connectivity index (χ1v) is 9.79. The minimum Gasteiger partial charge on any atom is -0.497 e. The monoisotopic (exact) mass is 403 g/mol. The molecule has 6 heteroatoms. The molecule has 0 fully saturated rings. The van der Waals surface area contributed by atoms with Crippen molar-refractivity contribution in [1.82, 2.24) is 5.32 Å². The van der Waals surface area contributed by atoms with Crippen LogP contribution in [0.4, 0.5) is 0 Å². The molecule has 0 spiro atoms. The Balaban J connectivity index is 1.81. The number of halogens is 1. The molecule has 0 bridgehead atoms. The SMILES string of the molecule is CC[C@H](Oc1ccccc1Cl)C(=O)N[C@H]1CC(C)(C)Oc2ccc(OC)cc21. The van der Waals surface area contributed by atoms with Crippen LogP contribution in [0.25, 0.3) is 0 Å². The van der Waals surface area contributed by atoms with Gasteiger partial charge in [-0.3, -0.25) is 4.79 Å². The number of hydrogen-bond acceptors (Lipinski definition) is 4. The lowest BCUT2D eigenvalue weighted by Gasteiger charge is -2.38. The lowest BCUT2D eigenvalue weighted by molar-refractivity contribution is -0.129. The summed E-state index contributed by atoms with van der Waals surface area (Å²) in [6, 6.07) is 12.6. The van der Waals surface area contributed by atoms with Crippen LogP contribution in [0.1, 0.15) is 45.2 Å². The van der Waals surface area contributed by atoms with Gasteiger partial charge in [-0.2, -0.15) is 0 Å². The molecule has 0 saturated carbocycles. The highest BCUT2D eigenvalue weighted by molar-refractivity contribution is 6.32. The summed E-state index contributed by atoms with van der Waals surface area (Å²) in [5.74, 6) is 1.79. The molecule has 3 rings (SSSR count). The standard InChI is InChI=1S/C22H26ClNO4/c1-5-18(27-20-9-7-6-8-16(20)23)21(25)24-17-13-22(2,3)28-19-11-10-14(26-4)12-15(17)19/h6-12,17-18H,5,13H2,1-4H3,(H,24,25)/t17-,18-/m0/s1. The van der Waals surface area contributed by atoms with Crippen molar-refractivity contribution in [3.05, 3.63) is 53.1 Å². The second kappa shape index (κ2) is 8.31. The Morgan fingerprint density at radius 3 is 2.75 bits per heavy atom. The van der Waals surface area contributed by atoms with Gasteiger partial charge < -0.3 is 19.5 Å². The van der Waals surface area contributed by atoms with Gasteiger partial charge in [-0.25, -0.2) is 0 Å².